The number of ether oxygens (including phenoxy) is 1. The van der Waals surface area contributed by atoms with Crippen molar-refractivity contribution < 1.29 is 9.53 Å². The Bertz CT molecular complexity index is 1790. The Morgan fingerprint density at radius 1 is 1.08 bits per heavy atom. The predicted octanol–water partition coefficient (Wildman–Crippen LogP) is 5.41. The Morgan fingerprint density at radius 3 is 2.62 bits per heavy atom. The minimum absolute atomic E-state index is 0.137. The van der Waals surface area contributed by atoms with E-state index >= 15 is 0 Å². The molecule has 0 saturated heterocycles. The van der Waals surface area contributed by atoms with Crippen LogP contribution in [0.25, 0.3) is 11.8 Å². The summed E-state index contributed by atoms with van der Waals surface area (Å²) in [5.74, 6) is -0.406. The van der Waals surface area contributed by atoms with Gasteiger partial charge in [0.05, 0.1) is 28.9 Å². The van der Waals surface area contributed by atoms with Gasteiger partial charge in [-0.3, -0.25) is 9.36 Å². The van der Waals surface area contributed by atoms with Gasteiger partial charge in [0.15, 0.2) is 4.80 Å². The van der Waals surface area contributed by atoms with Crippen LogP contribution in [0.3, 0.4) is 0 Å². The van der Waals surface area contributed by atoms with E-state index in [-0.39, 0.29) is 11.6 Å². The van der Waals surface area contributed by atoms with Crippen LogP contribution in [0, 0.1) is 0 Å². The summed E-state index contributed by atoms with van der Waals surface area (Å²) in [6, 6.07) is 20.3. The number of rotatable bonds is 3. The van der Waals surface area contributed by atoms with E-state index in [1.807, 2.05) is 24.3 Å². The molecule has 8 heteroatoms. The normalized spacial score (nSPS) is 16.5. The molecule has 6 rings (SSSR count). The summed E-state index contributed by atoms with van der Waals surface area (Å²) in [6.45, 7) is 0. The van der Waals surface area contributed by atoms with Crippen molar-refractivity contribution in [3.63, 3.8) is 0 Å². The van der Waals surface area contributed by atoms with Crippen LogP contribution < -0.4 is 14.9 Å². The van der Waals surface area contributed by atoms with Crippen molar-refractivity contribution >= 4 is 52.3 Å². The highest BCUT2D eigenvalue weighted by molar-refractivity contribution is 7.07. The molecule has 4 aromatic rings. The van der Waals surface area contributed by atoms with Crippen molar-refractivity contribution in [2.45, 2.75) is 18.9 Å². The number of benzene rings is 3. The summed E-state index contributed by atoms with van der Waals surface area (Å²) < 4.78 is 7.07. The van der Waals surface area contributed by atoms with Crippen molar-refractivity contribution in [3.8, 4) is 0 Å². The molecule has 0 radical (unpaired) electrons. The molecule has 0 N–H and O–H groups in total. The highest BCUT2D eigenvalue weighted by atomic mass is 35.5. The second-order valence-corrected chi connectivity index (χ2v) is 10.7. The Labute approximate surface area is 226 Å². The molecule has 0 fully saturated rings. The summed E-state index contributed by atoms with van der Waals surface area (Å²) in [6.07, 6.45) is 3.46. The lowest BCUT2D eigenvalue weighted by Gasteiger charge is -2.31. The standard InChI is InChI=1S/C29H20Cl2N2O3S/c1-36-28(35)18-8-6-16(7-9-18)14-24-27(34)33-26(21-13-11-19(30)15-23(21)31)22-12-10-17-4-2-3-5-20(17)25(22)32-29(33)37-24/h2-9,11,13-15,26H,10,12H2,1H3. The lowest BCUT2D eigenvalue weighted by Crippen LogP contribution is -2.38. The molecule has 37 heavy (non-hydrogen) atoms. The number of aryl methyl sites for hydroxylation is 1. The van der Waals surface area contributed by atoms with Crippen LogP contribution in [0.2, 0.25) is 10.0 Å². The Kier molecular flexibility index (Phi) is 6.11. The Morgan fingerprint density at radius 2 is 1.86 bits per heavy atom. The molecule has 1 aromatic heterocycles. The van der Waals surface area contributed by atoms with Crippen LogP contribution >= 0.6 is 34.5 Å². The second-order valence-electron chi connectivity index (χ2n) is 8.89. The number of carbonyl (C=O) groups is 1. The lowest BCUT2D eigenvalue weighted by molar-refractivity contribution is 0.0600. The molecule has 1 atom stereocenters. The van der Waals surface area contributed by atoms with Crippen molar-refractivity contribution in [2.75, 3.05) is 7.11 Å². The number of carbonyl (C=O) groups excluding carboxylic acids is 1. The van der Waals surface area contributed by atoms with Crippen LogP contribution in [0.4, 0.5) is 0 Å². The van der Waals surface area contributed by atoms with Gasteiger partial charge in [-0.2, -0.15) is 0 Å². The van der Waals surface area contributed by atoms with Crippen molar-refractivity contribution in [1.29, 1.82) is 0 Å². The van der Waals surface area contributed by atoms with E-state index in [0.29, 0.717) is 24.9 Å². The number of thiazole rings is 1. The maximum atomic E-state index is 13.8. The molecular weight excluding hydrogens is 527 g/mol. The van der Waals surface area contributed by atoms with Crippen LogP contribution in [0.15, 0.2) is 82.1 Å². The SMILES string of the molecule is COC(=O)c1ccc(C=c2sc3n(c2=O)C(c2ccc(Cl)cc2Cl)C2=C(N=3)c3ccccc3CC2)cc1. The van der Waals surface area contributed by atoms with Gasteiger partial charge in [-0.05, 0) is 65.4 Å². The smallest absolute Gasteiger partial charge is 0.337 e. The number of esters is 1. The molecule has 2 aliphatic rings. The van der Waals surface area contributed by atoms with E-state index in [1.165, 1.54) is 24.0 Å². The average Bonchev–Trinajstić information content (AvgIpc) is 3.22. The Hall–Kier alpha value is -3.45. The van der Waals surface area contributed by atoms with Gasteiger partial charge >= 0.3 is 5.97 Å². The summed E-state index contributed by atoms with van der Waals surface area (Å²) >= 11 is 14.3. The highest BCUT2D eigenvalue weighted by Gasteiger charge is 2.33. The van der Waals surface area contributed by atoms with Gasteiger partial charge in [0.2, 0.25) is 0 Å². The van der Waals surface area contributed by atoms with E-state index in [9.17, 15) is 9.59 Å². The van der Waals surface area contributed by atoms with Gasteiger partial charge in [-0.15, -0.1) is 0 Å². The topological polar surface area (TPSA) is 60.7 Å². The van der Waals surface area contributed by atoms with Crippen LogP contribution in [0.1, 0.15) is 45.1 Å². The average molecular weight is 547 g/mol. The fourth-order valence-corrected chi connectivity index (χ4v) is 6.52. The minimum atomic E-state index is -0.406. The fraction of sp³-hybridized carbons (Fsp3) is 0.138. The summed E-state index contributed by atoms with van der Waals surface area (Å²) in [4.78, 5) is 31.3. The summed E-state index contributed by atoms with van der Waals surface area (Å²) in [5, 5.41) is 1.05. The third-order valence-corrected chi connectivity index (χ3v) is 8.30. The number of allylic oxidation sites excluding steroid dienone is 1. The first-order chi connectivity index (χ1) is 17.9. The van der Waals surface area contributed by atoms with E-state index in [1.54, 1.807) is 41.0 Å². The van der Waals surface area contributed by atoms with Gasteiger partial charge in [-0.1, -0.05) is 77.0 Å². The number of hydrogen-bond donors (Lipinski definition) is 0. The zero-order valence-corrected chi connectivity index (χ0v) is 22.0. The first-order valence-corrected chi connectivity index (χ1v) is 13.3. The monoisotopic (exact) mass is 546 g/mol. The number of fused-ring (bicyclic) bond motifs is 3. The van der Waals surface area contributed by atoms with Crippen LogP contribution in [-0.4, -0.2) is 17.6 Å². The van der Waals surface area contributed by atoms with Gasteiger partial charge in [0.1, 0.15) is 0 Å². The van der Waals surface area contributed by atoms with E-state index in [2.05, 4.69) is 12.1 Å². The first-order valence-electron chi connectivity index (χ1n) is 11.7. The van der Waals surface area contributed by atoms with E-state index < -0.39 is 5.97 Å². The van der Waals surface area contributed by atoms with Crippen molar-refractivity contribution in [3.05, 3.63) is 130 Å². The Balaban J connectivity index is 1.57. The molecule has 3 aromatic carbocycles. The number of methoxy groups -OCH3 is 1. The minimum Gasteiger partial charge on any atom is -0.465 e. The van der Waals surface area contributed by atoms with E-state index in [0.717, 1.165) is 40.8 Å². The largest absolute Gasteiger partial charge is 0.465 e. The molecule has 0 amide bonds. The van der Waals surface area contributed by atoms with Gasteiger partial charge in [0, 0.05) is 15.6 Å². The maximum absolute atomic E-state index is 13.8. The van der Waals surface area contributed by atoms with Crippen LogP contribution in [-0.2, 0) is 11.2 Å². The van der Waals surface area contributed by atoms with Gasteiger partial charge in [-0.25, -0.2) is 9.79 Å². The molecule has 0 saturated carbocycles. The fourth-order valence-electron chi connectivity index (χ4n) is 5.01. The number of halogens is 2. The van der Waals surface area contributed by atoms with Crippen molar-refractivity contribution in [1.82, 2.24) is 4.57 Å². The third kappa shape index (κ3) is 4.15. The molecule has 5 nitrogen and oxygen atoms in total. The van der Waals surface area contributed by atoms with Gasteiger partial charge in [0.25, 0.3) is 5.56 Å². The molecule has 184 valence electrons. The zero-order chi connectivity index (χ0) is 25.7. The second kappa shape index (κ2) is 9.45. The highest BCUT2D eigenvalue weighted by Crippen LogP contribution is 2.43. The zero-order valence-electron chi connectivity index (χ0n) is 19.7. The number of aromatic nitrogens is 1. The molecule has 1 unspecified atom stereocenters. The van der Waals surface area contributed by atoms with E-state index in [4.69, 9.17) is 32.9 Å². The predicted molar refractivity (Wildman–Crippen MR) is 147 cm³/mol. The lowest BCUT2D eigenvalue weighted by atomic mass is 9.83. The molecule has 0 bridgehead atoms. The van der Waals surface area contributed by atoms with Crippen LogP contribution in [0.5, 0.6) is 0 Å². The van der Waals surface area contributed by atoms with Gasteiger partial charge < -0.3 is 4.74 Å². The first kappa shape index (κ1) is 23.9. The molecule has 1 aliphatic heterocycles. The quantitative estimate of drug-likeness (QED) is 0.322. The molecule has 0 spiro atoms. The molecular formula is C29H20Cl2N2O3S. The summed E-state index contributed by atoms with van der Waals surface area (Å²) in [5.41, 5.74) is 6.26. The molecule has 1 aliphatic carbocycles. The number of hydrogen-bond acceptors (Lipinski definition) is 5. The maximum Gasteiger partial charge on any atom is 0.337 e. The van der Waals surface area contributed by atoms with Crippen molar-refractivity contribution in [2.24, 2.45) is 4.99 Å². The molecule has 2 heterocycles. The summed E-state index contributed by atoms with van der Waals surface area (Å²) in [7, 11) is 1.35. The third-order valence-electron chi connectivity index (χ3n) is 6.76. The number of nitrogens with zero attached hydrogens (tertiary/aromatic N) is 2.